The van der Waals surface area contributed by atoms with Crippen LogP contribution in [0.4, 0.5) is 5.82 Å². The van der Waals surface area contributed by atoms with Crippen LogP contribution >= 0.6 is 11.3 Å². The standard InChI is InChI=1S/C12H13N3S/c1-2-9-4-5-12(15-11(9)3-1)14-7-10-6-13-8-16-10/h4-6,8H,1-3,7H2,(H,14,15). The number of nitrogens with zero attached hydrogens (tertiary/aromatic N) is 2. The summed E-state index contributed by atoms with van der Waals surface area (Å²) in [5.74, 6) is 0.981. The molecular formula is C12H13N3S. The van der Waals surface area contributed by atoms with Crippen LogP contribution in [-0.2, 0) is 19.4 Å². The van der Waals surface area contributed by atoms with Crippen molar-refractivity contribution in [3.05, 3.63) is 40.0 Å². The Balaban J connectivity index is 1.71. The molecule has 0 aliphatic heterocycles. The van der Waals surface area contributed by atoms with Gasteiger partial charge in [-0.05, 0) is 30.9 Å². The van der Waals surface area contributed by atoms with Crippen molar-refractivity contribution in [2.45, 2.75) is 25.8 Å². The van der Waals surface area contributed by atoms with Crippen molar-refractivity contribution in [1.82, 2.24) is 9.97 Å². The van der Waals surface area contributed by atoms with E-state index in [4.69, 9.17) is 0 Å². The minimum atomic E-state index is 0.816. The van der Waals surface area contributed by atoms with E-state index in [1.54, 1.807) is 11.3 Å². The summed E-state index contributed by atoms with van der Waals surface area (Å²) in [5, 5.41) is 3.34. The number of aromatic nitrogens is 2. The van der Waals surface area contributed by atoms with E-state index < -0.39 is 0 Å². The zero-order valence-corrected chi connectivity index (χ0v) is 9.76. The fraction of sp³-hybridized carbons (Fsp3) is 0.333. The molecule has 0 amide bonds. The van der Waals surface area contributed by atoms with Crippen LogP contribution in [0.1, 0.15) is 22.6 Å². The van der Waals surface area contributed by atoms with E-state index in [9.17, 15) is 0 Å². The lowest BCUT2D eigenvalue weighted by molar-refractivity contribution is 0.899. The third-order valence-corrected chi connectivity index (χ3v) is 3.63. The molecule has 1 aliphatic rings. The molecule has 0 atom stereocenters. The van der Waals surface area contributed by atoms with E-state index in [2.05, 4.69) is 27.4 Å². The van der Waals surface area contributed by atoms with E-state index in [-0.39, 0.29) is 0 Å². The number of rotatable bonds is 3. The third kappa shape index (κ3) is 1.93. The summed E-state index contributed by atoms with van der Waals surface area (Å²) in [6, 6.07) is 4.27. The average molecular weight is 231 g/mol. The summed E-state index contributed by atoms with van der Waals surface area (Å²) in [5.41, 5.74) is 4.55. The number of aryl methyl sites for hydroxylation is 2. The maximum absolute atomic E-state index is 4.63. The van der Waals surface area contributed by atoms with Gasteiger partial charge < -0.3 is 5.32 Å². The quantitative estimate of drug-likeness (QED) is 0.882. The summed E-state index contributed by atoms with van der Waals surface area (Å²) in [4.78, 5) is 9.91. The predicted molar refractivity (Wildman–Crippen MR) is 65.7 cm³/mol. The first-order valence-electron chi connectivity index (χ1n) is 5.52. The lowest BCUT2D eigenvalue weighted by Gasteiger charge is -2.05. The predicted octanol–water partition coefficient (Wildman–Crippen LogP) is 2.64. The highest BCUT2D eigenvalue weighted by atomic mass is 32.1. The highest BCUT2D eigenvalue weighted by Crippen LogP contribution is 2.21. The first kappa shape index (κ1) is 9.78. The highest BCUT2D eigenvalue weighted by molar-refractivity contribution is 7.09. The molecule has 3 rings (SSSR count). The zero-order valence-electron chi connectivity index (χ0n) is 8.94. The van der Waals surface area contributed by atoms with E-state index in [1.807, 2.05) is 11.7 Å². The molecule has 2 aromatic rings. The van der Waals surface area contributed by atoms with Gasteiger partial charge in [-0.1, -0.05) is 6.07 Å². The molecule has 0 spiro atoms. The number of anilines is 1. The molecule has 0 saturated carbocycles. The molecule has 0 radical (unpaired) electrons. The number of pyridine rings is 1. The van der Waals surface area contributed by atoms with Gasteiger partial charge in [0.1, 0.15) is 5.82 Å². The van der Waals surface area contributed by atoms with Crippen LogP contribution in [0, 0.1) is 0 Å². The van der Waals surface area contributed by atoms with Gasteiger partial charge in [-0.15, -0.1) is 11.3 Å². The molecule has 0 bridgehead atoms. The molecule has 2 aromatic heterocycles. The van der Waals surface area contributed by atoms with Crippen molar-refractivity contribution < 1.29 is 0 Å². The Labute approximate surface area is 98.6 Å². The topological polar surface area (TPSA) is 37.8 Å². The average Bonchev–Trinajstić information content (AvgIpc) is 2.97. The Morgan fingerprint density at radius 2 is 2.31 bits per heavy atom. The van der Waals surface area contributed by atoms with Gasteiger partial charge in [-0.3, -0.25) is 4.98 Å². The minimum Gasteiger partial charge on any atom is -0.365 e. The Morgan fingerprint density at radius 3 is 3.19 bits per heavy atom. The summed E-state index contributed by atoms with van der Waals surface area (Å²) >= 11 is 1.67. The number of thiazole rings is 1. The lowest BCUT2D eigenvalue weighted by Crippen LogP contribution is -2.01. The molecule has 0 aromatic carbocycles. The van der Waals surface area contributed by atoms with Crippen molar-refractivity contribution in [2.24, 2.45) is 0 Å². The second-order valence-corrected chi connectivity index (χ2v) is 4.95. The number of fused-ring (bicyclic) bond motifs is 1. The first-order chi connectivity index (χ1) is 7.92. The van der Waals surface area contributed by atoms with Crippen LogP contribution in [0.15, 0.2) is 23.8 Å². The molecule has 4 heteroatoms. The highest BCUT2D eigenvalue weighted by Gasteiger charge is 2.12. The number of hydrogen-bond donors (Lipinski definition) is 1. The van der Waals surface area contributed by atoms with Gasteiger partial charge in [-0.25, -0.2) is 4.98 Å². The molecule has 0 unspecified atom stereocenters. The molecule has 2 heterocycles. The van der Waals surface area contributed by atoms with Crippen molar-refractivity contribution >= 4 is 17.2 Å². The summed E-state index contributed by atoms with van der Waals surface area (Å²) < 4.78 is 0. The van der Waals surface area contributed by atoms with Crippen LogP contribution in [0.2, 0.25) is 0 Å². The van der Waals surface area contributed by atoms with E-state index >= 15 is 0 Å². The summed E-state index contributed by atoms with van der Waals surface area (Å²) in [7, 11) is 0. The van der Waals surface area contributed by atoms with Gasteiger partial charge >= 0.3 is 0 Å². The van der Waals surface area contributed by atoms with Crippen LogP contribution in [-0.4, -0.2) is 9.97 Å². The molecule has 1 aliphatic carbocycles. The van der Waals surface area contributed by atoms with Gasteiger partial charge in [0.15, 0.2) is 0 Å². The summed E-state index contributed by atoms with van der Waals surface area (Å²) in [6.45, 7) is 0.816. The SMILES string of the molecule is c1ncc(CNc2ccc3c(n2)CCC3)s1. The Kier molecular flexibility index (Phi) is 2.58. The lowest BCUT2D eigenvalue weighted by atomic mass is 10.2. The van der Waals surface area contributed by atoms with E-state index in [1.165, 1.54) is 29.0 Å². The zero-order chi connectivity index (χ0) is 10.8. The molecule has 82 valence electrons. The number of nitrogens with one attached hydrogen (secondary N) is 1. The van der Waals surface area contributed by atoms with Gasteiger partial charge in [-0.2, -0.15) is 0 Å². The van der Waals surface area contributed by atoms with Crippen molar-refractivity contribution in [2.75, 3.05) is 5.32 Å². The molecule has 0 saturated heterocycles. The van der Waals surface area contributed by atoms with Gasteiger partial charge in [0.2, 0.25) is 0 Å². The molecule has 16 heavy (non-hydrogen) atoms. The smallest absolute Gasteiger partial charge is 0.126 e. The molecule has 3 nitrogen and oxygen atoms in total. The Hall–Kier alpha value is -1.42. The molecule has 0 fully saturated rings. The fourth-order valence-corrected chi connectivity index (χ4v) is 2.56. The molecule has 1 N–H and O–H groups in total. The van der Waals surface area contributed by atoms with Gasteiger partial charge in [0.25, 0.3) is 0 Å². The van der Waals surface area contributed by atoms with Crippen molar-refractivity contribution in [3.8, 4) is 0 Å². The fourth-order valence-electron chi connectivity index (χ4n) is 2.03. The van der Waals surface area contributed by atoms with Crippen LogP contribution in [0.25, 0.3) is 0 Å². The number of hydrogen-bond acceptors (Lipinski definition) is 4. The van der Waals surface area contributed by atoms with Crippen LogP contribution in [0.3, 0.4) is 0 Å². The van der Waals surface area contributed by atoms with E-state index in [0.29, 0.717) is 0 Å². The van der Waals surface area contributed by atoms with Crippen molar-refractivity contribution in [1.29, 1.82) is 0 Å². The van der Waals surface area contributed by atoms with Gasteiger partial charge in [0, 0.05) is 16.8 Å². The second kappa shape index (κ2) is 4.22. The second-order valence-electron chi connectivity index (χ2n) is 3.98. The van der Waals surface area contributed by atoms with E-state index in [0.717, 1.165) is 18.8 Å². The van der Waals surface area contributed by atoms with Crippen molar-refractivity contribution in [3.63, 3.8) is 0 Å². The maximum atomic E-state index is 4.63. The normalized spacial score (nSPS) is 13.8. The van der Waals surface area contributed by atoms with Crippen LogP contribution < -0.4 is 5.32 Å². The third-order valence-electron chi connectivity index (χ3n) is 2.86. The summed E-state index contributed by atoms with van der Waals surface area (Å²) in [6.07, 6.45) is 5.47. The molecular weight excluding hydrogens is 218 g/mol. The monoisotopic (exact) mass is 231 g/mol. The Bertz CT molecular complexity index is 479. The minimum absolute atomic E-state index is 0.816. The first-order valence-corrected chi connectivity index (χ1v) is 6.40. The Morgan fingerprint density at radius 1 is 1.31 bits per heavy atom. The maximum Gasteiger partial charge on any atom is 0.126 e. The largest absolute Gasteiger partial charge is 0.365 e. The van der Waals surface area contributed by atoms with Gasteiger partial charge in [0.05, 0.1) is 12.1 Å². The van der Waals surface area contributed by atoms with Crippen LogP contribution in [0.5, 0.6) is 0 Å².